The number of hydrogen-bond donors (Lipinski definition) is 1. The fourth-order valence-corrected chi connectivity index (χ4v) is 1.71. The fourth-order valence-electron chi connectivity index (χ4n) is 1.71. The molecule has 19 heavy (non-hydrogen) atoms. The molecule has 8 heteroatoms. The van der Waals surface area contributed by atoms with Crippen molar-refractivity contribution in [3.05, 3.63) is 15.8 Å². The van der Waals surface area contributed by atoms with Gasteiger partial charge in [-0.15, -0.1) is 0 Å². The van der Waals surface area contributed by atoms with Gasteiger partial charge < -0.3 is 10.2 Å². The van der Waals surface area contributed by atoms with Crippen molar-refractivity contribution in [1.82, 2.24) is 14.7 Å². The highest BCUT2D eigenvalue weighted by Crippen LogP contribution is 2.28. The summed E-state index contributed by atoms with van der Waals surface area (Å²) in [5.41, 5.74) is 0.427. The van der Waals surface area contributed by atoms with Gasteiger partial charge in [-0.3, -0.25) is 14.9 Å². The van der Waals surface area contributed by atoms with Crippen LogP contribution >= 0.6 is 0 Å². The maximum Gasteiger partial charge on any atom is 0.333 e. The van der Waals surface area contributed by atoms with Gasteiger partial charge in [0.2, 0.25) is 11.7 Å². The Morgan fingerprint density at radius 3 is 2.63 bits per heavy atom. The first kappa shape index (κ1) is 14.9. The topological polar surface area (TPSA) is 93.3 Å². The van der Waals surface area contributed by atoms with Gasteiger partial charge in [0.05, 0.1) is 4.92 Å². The lowest BCUT2D eigenvalue weighted by Crippen LogP contribution is -2.24. The van der Waals surface area contributed by atoms with E-state index < -0.39 is 4.92 Å². The van der Waals surface area contributed by atoms with Crippen LogP contribution in [0.15, 0.2) is 0 Å². The second kappa shape index (κ2) is 6.17. The summed E-state index contributed by atoms with van der Waals surface area (Å²) in [6.07, 6.45) is 0.763. The smallest absolute Gasteiger partial charge is 0.333 e. The Bertz CT molecular complexity index is 481. The van der Waals surface area contributed by atoms with Crippen molar-refractivity contribution in [1.29, 1.82) is 0 Å². The summed E-state index contributed by atoms with van der Waals surface area (Å²) in [6.45, 7) is 2.15. The molecule has 0 aliphatic heterocycles. The Morgan fingerprint density at radius 1 is 1.53 bits per heavy atom. The molecule has 1 aromatic rings. The average Bonchev–Trinajstić information content (AvgIpc) is 2.65. The second-order valence-electron chi connectivity index (χ2n) is 4.34. The third-order valence-corrected chi connectivity index (χ3v) is 2.74. The quantitative estimate of drug-likeness (QED) is 0.608. The highest BCUT2D eigenvalue weighted by molar-refractivity contribution is 5.76. The number of nitrogens with zero attached hydrogens (tertiary/aromatic N) is 4. The maximum atomic E-state index is 11.4. The summed E-state index contributed by atoms with van der Waals surface area (Å²) in [7, 11) is 4.98. The van der Waals surface area contributed by atoms with E-state index in [1.54, 1.807) is 21.1 Å². The fraction of sp³-hybridized carbons (Fsp3) is 0.636. The van der Waals surface area contributed by atoms with Gasteiger partial charge in [-0.05, 0) is 6.42 Å². The van der Waals surface area contributed by atoms with Crippen molar-refractivity contribution in [3.8, 4) is 0 Å². The molecule has 1 amide bonds. The molecule has 0 saturated carbocycles. The van der Waals surface area contributed by atoms with Crippen LogP contribution < -0.4 is 5.32 Å². The van der Waals surface area contributed by atoms with Gasteiger partial charge in [-0.1, -0.05) is 6.92 Å². The number of rotatable bonds is 6. The van der Waals surface area contributed by atoms with E-state index in [1.165, 1.54) is 9.58 Å². The minimum absolute atomic E-state index is 0.0118. The number of hydrogen-bond acceptors (Lipinski definition) is 5. The van der Waals surface area contributed by atoms with Gasteiger partial charge >= 0.3 is 5.69 Å². The van der Waals surface area contributed by atoms with Gasteiger partial charge in [-0.2, -0.15) is 5.10 Å². The van der Waals surface area contributed by atoms with E-state index in [4.69, 9.17) is 0 Å². The summed E-state index contributed by atoms with van der Waals surface area (Å²) < 4.78 is 1.44. The molecule has 1 N–H and O–H groups in total. The molecule has 0 saturated heterocycles. The second-order valence-corrected chi connectivity index (χ2v) is 4.34. The van der Waals surface area contributed by atoms with Crippen LogP contribution in [0.3, 0.4) is 0 Å². The standard InChI is InChI=1S/C11H19N5O3/c1-5-8-10(16(18)19)11(15(4)13-8)12-7-6-9(17)14(2)3/h12H,5-7H2,1-4H3. The van der Waals surface area contributed by atoms with E-state index >= 15 is 0 Å². The molecule has 0 aliphatic carbocycles. The first-order chi connectivity index (χ1) is 8.88. The van der Waals surface area contributed by atoms with E-state index in [9.17, 15) is 14.9 Å². The van der Waals surface area contributed by atoms with E-state index in [-0.39, 0.29) is 18.0 Å². The van der Waals surface area contributed by atoms with Crippen LogP contribution in [-0.4, -0.2) is 46.2 Å². The lowest BCUT2D eigenvalue weighted by molar-refractivity contribution is -0.384. The van der Waals surface area contributed by atoms with Crippen LogP contribution in [-0.2, 0) is 18.3 Å². The SMILES string of the molecule is CCc1nn(C)c(NCCC(=O)N(C)C)c1[N+](=O)[O-]. The van der Waals surface area contributed by atoms with Gasteiger partial charge in [0.1, 0.15) is 5.69 Å². The molecular formula is C11H19N5O3. The van der Waals surface area contributed by atoms with Crippen LogP contribution in [0.1, 0.15) is 19.0 Å². The van der Waals surface area contributed by atoms with Gasteiger partial charge in [-0.25, -0.2) is 4.68 Å². The van der Waals surface area contributed by atoms with Crippen molar-refractivity contribution in [3.63, 3.8) is 0 Å². The number of amides is 1. The van der Waals surface area contributed by atoms with E-state index in [0.29, 0.717) is 24.5 Å². The lowest BCUT2D eigenvalue weighted by Gasteiger charge is -2.10. The molecule has 0 radical (unpaired) electrons. The number of aromatic nitrogens is 2. The Hall–Kier alpha value is -2.12. The summed E-state index contributed by atoms with van der Waals surface area (Å²) in [4.78, 5) is 23.5. The molecule has 1 heterocycles. The first-order valence-electron chi connectivity index (χ1n) is 6.02. The van der Waals surface area contributed by atoms with Crippen molar-refractivity contribution in [2.24, 2.45) is 7.05 Å². The number of carbonyl (C=O) groups excluding carboxylic acids is 1. The number of aryl methyl sites for hydroxylation is 2. The van der Waals surface area contributed by atoms with Gasteiger partial charge in [0.25, 0.3) is 0 Å². The first-order valence-corrected chi connectivity index (χ1v) is 6.02. The molecule has 1 rings (SSSR count). The van der Waals surface area contributed by atoms with E-state index in [2.05, 4.69) is 10.4 Å². The van der Waals surface area contributed by atoms with Crippen molar-refractivity contribution in [2.75, 3.05) is 26.0 Å². The average molecular weight is 269 g/mol. The predicted molar refractivity (Wildman–Crippen MR) is 71.0 cm³/mol. The van der Waals surface area contributed by atoms with Crippen LogP contribution in [0.4, 0.5) is 11.5 Å². The van der Waals surface area contributed by atoms with Crippen molar-refractivity contribution < 1.29 is 9.72 Å². The molecule has 0 fully saturated rings. The van der Waals surface area contributed by atoms with Crippen LogP contribution in [0.25, 0.3) is 0 Å². The van der Waals surface area contributed by atoms with Gasteiger partial charge in [0, 0.05) is 34.1 Å². The maximum absolute atomic E-state index is 11.4. The highest BCUT2D eigenvalue weighted by atomic mass is 16.6. The number of nitrogens with one attached hydrogen (secondary N) is 1. The van der Waals surface area contributed by atoms with Crippen LogP contribution in [0, 0.1) is 10.1 Å². The number of carbonyl (C=O) groups is 1. The monoisotopic (exact) mass is 269 g/mol. The molecule has 0 aliphatic rings. The lowest BCUT2D eigenvalue weighted by atomic mass is 10.3. The van der Waals surface area contributed by atoms with Gasteiger partial charge in [0.15, 0.2) is 0 Å². The van der Waals surface area contributed by atoms with E-state index in [1.807, 2.05) is 6.92 Å². The van der Waals surface area contributed by atoms with Crippen molar-refractivity contribution in [2.45, 2.75) is 19.8 Å². The van der Waals surface area contributed by atoms with E-state index in [0.717, 1.165) is 0 Å². The molecule has 0 spiro atoms. The minimum atomic E-state index is -0.443. The normalized spacial score (nSPS) is 10.3. The highest BCUT2D eigenvalue weighted by Gasteiger charge is 2.25. The molecule has 106 valence electrons. The van der Waals surface area contributed by atoms with Crippen LogP contribution in [0.2, 0.25) is 0 Å². The zero-order valence-corrected chi connectivity index (χ0v) is 11.6. The molecule has 0 bridgehead atoms. The molecule has 0 atom stereocenters. The number of nitro groups is 1. The molecule has 1 aromatic heterocycles. The van der Waals surface area contributed by atoms with Crippen molar-refractivity contribution >= 4 is 17.4 Å². The third-order valence-electron chi connectivity index (χ3n) is 2.74. The zero-order chi connectivity index (χ0) is 14.6. The summed E-state index contributed by atoms with van der Waals surface area (Å²) in [5.74, 6) is 0.307. The predicted octanol–water partition coefficient (Wildman–Crippen LogP) is 0.781. The number of anilines is 1. The minimum Gasteiger partial charge on any atom is -0.364 e. The Kier molecular flexibility index (Phi) is 4.85. The Balaban J connectivity index is 2.81. The summed E-state index contributed by atoms with van der Waals surface area (Å²) in [6, 6.07) is 0. The summed E-state index contributed by atoms with van der Waals surface area (Å²) >= 11 is 0. The van der Waals surface area contributed by atoms with Crippen LogP contribution in [0.5, 0.6) is 0 Å². The largest absolute Gasteiger partial charge is 0.364 e. The summed E-state index contributed by atoms with van der Waals surface area (Å²) in [5, 5.41) is 18.1. The molecule has 0 unspecified atom stereocenters. The molecule has 0 aromatic carbocycles. The third kappa shape index (κ3) is 3.43. The molecular weight excluding hydrogens is 250 g/mol. The Labute approximate surface area is 111 Å². The molecule has 8 nitrogen and oxygen atoms in total. The Morgan fingerprint density at radius 2 is 2.16 bits per heavy atom. The zero-order valence-electron chi connectivity index (χ0n) is 11.6.